The summed E-state index contributed by atoms with van der Waals surface area (Å²) in [4.78, 5) is 20.5. The summed E-state index contributed by atoms with van der Waals surface area (Å²) >= 11 is 0.347. The number of ether oxygens (including phenoxy) is 2. The fourth-order valence-corrected chi connectivity index (χ4v) is 3.63. The summed E-state index contributed by atoms with van der Waals surface area (Å²) in [6.45, 7) is 2.70. The number of carbonyl (C=O) groups excluding carboxylic acids is 1. The fourth-order valence-electron chi connectivity index (χ4n) is 3.06. The van der Waals surface area contributed by atoms with Crippen molar-refractivity contribution in [2.45, 2.75) is 13.3 Å². The summed E-state index contributed by atoms with van der Waals surface area (Å²) in [5.41, 5.74) is 1.02. The van der Waals surface area contributed by atoms with E-state index in [1.165, 1.54) is 25.1 Å². The summed E-state index contributed by atoms with van der Waals surface area (Å²) in [7, 11) is 5.70. The molecular formula is C28H32F3N7O4Se. The van der Waals surface area contributed by atoms with Crippen molar-refractivity contribution in [2.75, 3.05) is 39.7 Å². The molecule has 5 aromatic rings. The summed E-state index contributed by atoms with van der Waals surface area (Å²) in [6, 6.07) is 19.0. The molecule has 3 aromatic heterocycles. The van der Waals surface area contributed by atoms with Crippen molar-refractivity contribution in [1.82, 2.24) is 29.0 Å². The van der Waals surface area contributed by atoms with Gasteiger partial charge < -0.3 is 24.5 Å². The van der Waals surface area contributed by atoms with E-state index in [0.29, 0.717) is 21.3 Å². The zero-order valence-electron chi connectivity index (χ0n) is 23.9. The molecule has 0 aliphatic rings. The minimum atomic E-state index is -4.77. The number of methoxy groups -OCH3 is 1. The molecule has 3 heterocycles. The number of carbonyl (C=O) groups is 1. The van der Waals surface area contributed by atoms with Gasteiger partial charge in [-0.05, 0) is 44.4 Å². The van der Waals surface area contributed by atoms with Gasteiger partial charge in [-0.1, -0.05) is 30.3 Å². The first-order valence-corrected chi connectivity index (χ1v) is 14.3. The van der Waals surface area contributed by atoms with Gasteiger partial charge in [0.15, 0.2) is 5.75 Å². The molecule has 0 unspecified atom stereocenters. The first-order chi connectivity index (χ1) is 20.6. The molecule has 15 heteroatoms. The molecule has 11 nitrogen and oxygen atoms in total. The molecular weight excluding hydrogens is 634 g/mol. The number of fused-ring (bicyclic) bond motifs is 1. The van der Waals surface area contributed by atoms with E-state index in [4.69, 9.17) is 9.57 Å². The number of nitrogens with one attached hydrogen (secondary N) is 1. The Kier molecular flexibility index (Phi) is 15.2. The van der Waals surface area contributed by atoms with Crippen molar-refractivity contribution < 1.29 is 32.3 Å². The number of anilines is 1. The molecule has 0 bridgehead atoms. The van der Waals surface area contributed by atoms with E-state index >= 15 is 0 Å². The van der Waals surface area contributed by atoms with Crippen LogP contribution in [0.25, 0.3) is 10.9 Å². The molecule has 5 rings (SSSR count). The second-order valence-electron chi connectivity index (χ2n) is 8.40. The molecule has 43 heavy (non-hydrogen) atoms. The molecule has 0 spiro atoms. The molecule has 2 aromatic carbocycles. The number of amides is 1. The zero-order chi connectivity index (χ0) is 31.5. The Morgan fingerprint density at radius 3 is 2.16 bits per heavy atom. The van der Waals surface area contributed by atoms with Gasteiger partial charge >= 0.3 is 41.4 Å². The van der Waals surface area contributed by atoms with E-state index < -0.39 is 18.0 Å². The molecule has 0 saturated carbocycles. The van der Waals surface area contributed by atoms with E-state index in [9.17, 15) is 18.0 Å². The van der Waals surface area contributed by atoms with Crippen molar-refractivity contribution in [3.63, 3.8) is 0 Å². The Hall–Kier alpha value is -4.46. The molecule has 0 radical (unpaired) electrons. The maximum absolute atomic E-state index is 11.9. The second kappa shape index (κ2) is 18.9. The third-order valence-corrected chi connectivity index (χ3v) is 5.70. The van der Waals surface area contributed by atoms with Crippen molar-refractivity contribution in [3.8, 4) is 11.6 Å². The van der Waals surface area contributed by atoms with Crippen LogP contribution in [0.15, 0.2) is 90.3 Å². The van der Waals surface area contributed by atoms with Crippen LogP contribution in [0.1, 0.15) is 6.92 Å². The van der Waals surface area contributed by atoms with Crippen LogP contribution >= 0.6 is 0 Å². The van der Waals surface area contributed by atoms with Crippen LogP contribution in [0, 0.1) is 0 Å². The summed E-state index contributed by atoms with van der Waals surface area (Å²) in [6.07, 6.45) is 0.231. The summed E-state index contributed by atoms with van der Waals surface area (Å²) in [5.74, 6) is -0.168. The second-order valence-corrected chi connectivity index (χ2v) is 9.76. The molecule has 0 atom stereocenters. The Morgan fingerprint density at radius 2 is 1.65 bits per heavy atom. The Bertz CT molecular complexity index is 1410. The number of alkyl halides is 3. The van der Waals surface area contributed by atoms with Gasteiger partial charge in [0, 0.05) is 37.3 Å². The van der Waals surface area contributed by atoms with E-state index in [1.54, 1.807) is 30.4 Å². The summed E-state index contributed by atoms with van der Waals surface area (Å²) in [5, 5.41) is 14.0. The predicted octanol–water partition coefficient (Wildman–Crippen LogP) is 4.19. The first kappa shape index (κ1) is 34.7. The third-order valence-electron chi connectivity index (χ3n) is 4.79. The molecule has 1 amide bonds. The topological polar surface area (TPSA) is 117 Å². The van der Waals surface area contributed by atoms with Gasteiger partial charge in [-0.3, -0.25) is 4.79 Å². The van der Waals surface area contributed by atoms with Gasteiger partial charge in [-0.2, -0.15) is 10.2 Å². The molecule has 230 valence electrons. The Balaban J connectivity index is 0.000000223. The normalized spacial score (nSPS) is 10.2. The van der Waals surface area contributed by atoms with Crippen molar-refractivity contribution in [1.29, 1.82) is 0 Å². The quantitative estimate of drug-likeness (QED) is 0.255. The zero-order valence-corrected chi connectivity index (χ0v) is 25.6. The maximum atomic E-state index is 11.9. The smallest absolute Gasteiger partial charge is 0.0496 e. The van der Waals surface area contributed by atoms with Gasteiger partial charge in [0.25, 0.3) is 0 Å². The van der Waals surface area contributed by atoms with Crippen LogP contribution in [0.3, 0.4) is 0 Å². The van der Waals surface area contributed by atoms with Gasteiger partial charge in [0.2, 0.25) is 11.8 Å². The van der Waals surface area contributed by atoms with Crippen molar-refractivity contribution in [2.24, 2.45) is 0 Å². The Labute approximate surface area is 253 Å². The van der Waals surface area contributed by atoms with Crippen molar-refractivity contribution >= 4 is 37.2 Å². The van der Waals surface area contributed by atoms with E-state index in [0.717, 1.165) is 29.4 Å². The minimum absolute atomic E-state index is 0.0117. The maximum Gasteiger partial charge on any atom is 0.0496 e. The van der Waals surface area contributed by atoms with E-state index in [-0.39, 0.29) is 5.69 Å². The van der Waals surface area contributed by atoms with Crippen LogP contribution in [-0.2, 0) is 4.79 Å². The predicted molar refractivity (Wildman–Crippen MR) is 157 cm³/mol. The average molecular weight is 667 g/mol. The average Bonchev–Trinajstić information content (AvgIpc) is 3.67. The van der Waals surface area contributed by atoms with Gasteiger partial charge in [-0.15, -0.1) is 17.9 Å². The largest absolute Gasteiger partial charge is 0.159 e. The number of likely N-dealkylation sites (N-methyl/N-ethyl adjacent to an activating group) is 1. The summed E-state index contributed by atoms with van der Waals surface area (Å²) < 4.78 is 50.2. The molecule has 0 aliphatic heterocycles. The van der Waals surface area contributed by atoms with E-state index in [1.807, 2.05) is 61.5 Å². The van der Waals surface area contributed by atoms with Gasteiger partial charge in [-0.25, -0.2) is 0 Å². The number of aromatic nitrogens is 5. The van der Waals surface area contributed by atoms with Crippen LogP contribution in [-0.4, -0.2) is 90.4 Å². The van der Waals surface area contributed by atoms with Gasteiger partial charge in [0.05, 0.1) is 18.3 Å². The monoisotopic (exact) mass is 667 g/mol. The first-order valence-electron chi connectivity index (χ1n) is 12.6. The number of hydrogen-bond acceptors (Lipinski definition) is 9. The number of rotatable bonds is 7. The fraction of sp³-hybridized carbons (Fsp3) is 0.250. The van der Waals surface area contributed by atoms with Crippen LogP contribution < -0.4 is 19.6 Å². The van der Waals surface area contributed by atoms with Crippen molar-refractivity contribution in [3.05, 3.63) is 90.3 Å². The van der Waals surface area contributed by atoms with Crippen LogP contribution in [0.2, 0.25) is 0 Å². The SMILES string of the molecule is CC(=O)Nc1ccccc1OC(F)(F)F.COc1cc2ccccc2n1OCCN(C)C.c1c[se]nn1.c1ccnnc1. The van der Waals surface area contributed by atoms with Crippen LogP contribution in [0.4, 0.5) is 18.9 Å². The Morgan fingerprint density at radius 1 is 0.977 bits per heavy atom. The van der Waals surface area contributed by atoms with E-state index in [2.05, 4.69) is 34.3 Å². The molecule has 1 N–H and O–H groups in total. The minimum Gasteiger partial charge on any atom is -0.159 e. The standard InChI is InChI=1S/C13H18N2O2.C9H8F3NO2.C4H4N2.C2H2N2Se/c1-14(2)8-9-17-15-12-7-5-4-6-11(12)10-13(15)16-3;1-6(14)13-7-4-2-3-5-8(7)15-9(10,11)12;1-2-4-6-5-3-1;1-2-5-4-3-1/h4-7,10H,8-9H2,1-3H3;2-5H,1H3,(H,13,14);1-4H;1-2H. The third kappa shape index (κ3) is 14.3. The number of halogens is 3. The van der Waals surface area contributed by atoms with Crippen LogP contribution in [0.5, 0.6) is 11.6 Å². The number of benzene rings is 2. The molecule has 0 fully saturated rings. The molecule has 0 saturated heterocycles. The molecule has 0 aliphatic carbocycles. The van der Waals surface area contributed by atoms with Gasteiger partial charge in [0.1, 0.15) is 6.61 Å². The number of nitrogens with zero attached hydrogens (tertiary/aromatic N) is 6. The number of para-hydroxylation sites is 3. The number of hydrogen-bond donors (Lipinski definition) is 1.